The summed E-state index contributed by atoms with van der Waals surface area (Å²) in [6.07, 6.45) is 4.22. The topological polar surface area (TPSA) is 111 Å². The van der Waals surface area contributed by atoms with E-state index in [4.69, 9.17) is 21.8 Å². The van der Waals surface area contributed by atoms with Crippen LogP contribution in [0.25, 0.3) is 0 Å². The number of H-pyrrole nitrogens is 1. The van der Waals surface area contributed by atoms with Gasteiger partial charge >= 0.3 is 5.97 Å². The fourth-order valence-corrected chi connectivity index (χ4v) is 5.21. The molecule has 1 aliphatic carbocycles. The zero-order valence-corrected chi connectivity index (χ0v) is 19.9. The number of aromatic nitrogens is 1. The molecule has 0 spiro atoms. The quantitative estimate of drug-likeness (QED) is 0.474. The van der Waals surface area contributed by atoms with Gasteiger partial charge in [-0.05, 0) is 67.2 Å². The van der Waals surface area contributed by atoms with Gasteiger partial charge in [-0.2, -0.15) is 0 Å². The Morgan fingerprint density at radius 1 is 1.15 bits per heavy atom. The number of hydrogen-bond donors (Lipinski definition) is 3. The lowest BCUT2D eigenvalue weighted by molar-refractivity contribution is -0.137. The molecule has 1 saturated carbocycles. The first-order chi connectivity index (χ1) is 16.4. The van der Waals surface area contributed by atoms with Crippen LogP contribution in [0.2, 0.25) is 5.02 Å². The minimum absolute atomic E-state index is 0.0121. The standard InChI is InChI=1S/C26H31ClN2O5/c27-22-14-19(4-3-18(22)5-8-25(32)33)21(13-16-9-11-29(15-16)24(31)10-12-30)23-7-6-20(17-1-2-17)26(34)28-23/h3-4,6-7,14,16-17,21,30H,1-2,5,8-13,15H2,(H,28,34)(H,32,33)/t16-,21?/m1/s1. The average Bonchev–Trinajstić information content (AvgIpc) is 3.53. The van der Waals surface area contributed by atoms with E-state index >= 15 is 0 Å². The SMILES string of the molecule is O=C(O)CCc1ccc(C(C[C@H]2CCN(C(=O)CCO)C2)c2ccc(C3CC3)c(=O)[nH]2)cc1Cl. The number of halogens is 1. The van der Waals surface area contributed by atoms with Crippen molar-refractivity contribution in [2.75, 3.05) is 19.7 Å². The molecule has 2 aliphatic rings. The van der Waals surface area contributed by atoms with E-state index in [2.05, 4.69) is 4.98 Å². The first-order valence-corrected chi connectivity index (χ1v) is 12.4. The van der Waals surface area contributed by atoms with Gasteiger partial charge in [0.25, 0.3) is 5.56 Å². The van der Waals surface area contributed by atoms with Crippen molar-refractivity contribution in [3.8, 4) is 0 Å². The van der Waals surface area contributed by atoms with Gasteiger partial charge in [0.15, 0.2) is 0 Å². The number of aryl methyl sites for hydroxylation is 1. The fraction of sp³-hybridized carbons (Fsp3) is 0.500. The Labute approximate surface area is 203 Å². The maximum atomic E-state index is 12.8. The van der Waals surface area contributed by atoms with E-state index in [0.29, 0.717) is 30.5 Å². The number of carbonyl (C=O) groups excluding carboxylic acids is 1. The first-order valence-electron chi connectivity index (χ1n) is 12.0. The molecule has 2 heterocycles. The van der Waals surface area contributed by atoms with Crippen molar-refractivity contribution in [3.05, 3.63) is 68.1 Å². The highest BCUT2D eigenvalue weighted by Gasteiger charge is 2.31. The van der Waals surface area contributed by atoms with E-state index in [9.17, 15) is 14.4 Å². The Bertz CT molecular complexity index is 1110. The average molecular weight is 487 g/mol. The van der Waals surface area contributed by atoms with Crippen molar-refractivity contribution in [3.63, 3.8) is 0 Å². The molecule has 0 radical (unpaired) electrons. The van der Waals surface area contributed by atoms with Crippen molar-refractivity contribution in [1.29, 1.82) is 0 Å². The summed E-state index contributed by atoms with van der Waals surface area (Å²) in [5, 5.41) is 18.6. The lowest BCUT2D eigenvalue weighted by atomic mass is 9.85. The van der Waals surface area contributed by atoms with Crippen LogP contribution in [0.4, 0.5) is 0 Å². The van der Waals surface area contributed by atoms with Gasteiger partial charge in [0, 0.05) is 48.1 Å². The van der Waals surface area contributed by atoms with Crippen LogP contribution >= 0.6 is 11.6 Å². The number of hydrogen-bond acceptors (Lipinski definition) is 4. The summed E-state index contributed by atoms with van der Waals surface area (Å²) in [6, 6.07) is 9.64. The maximum Gasteiger partial charge on any atom is 0.303 e. The van der Waals surface area contributed by atoms with E-state index in [1.165, 1.54) is 0 Å². The molecule has 34 heavy (non-hydrogen) atoms. The predicted octanol–water partition coefficient (Wildman–Crippen LogP) is 3.68. The highest BCUT2D eigenvalue weighted by Crippen LogP contribution is 2.39. The molecule has 3 N–H and O–H groups in total. The van der Waals surface area contributed by atoms with E-state index in [1.807, 2.05) is 30.3 Å². The summed E-state index contributed by atoms with van der Waals surface area (Å²) >= 11 is 6.53. The number of carboxylic acid groups (broad SMARTS) is 1. The number of carbonyl (C=O) groups is 2. The van der Waals surface area contributed by atoms with Gasteiger partial charge in [0.2, 0.25) is 5.91 Å². The number of likely N-dealkylation sites (tertiary alicyclic amines) is 1. The summed E-state index contributed by atoms with van der Waals surface area (Å²) in [6.45, 7) is 1.15. The molecule has 1 unspecified atom stereocenters. The second-order valence-electron chi connectivity index (χ2n) is 9.47. The van der Waals surface area contributed by atoms with Crippen LogP contribution in [0.5, 0.6) is 0 Å². The van der Waals surface area contributed by atoms with Crippen molar-refractivity contribution in [2.24, 2.45) is 5.92 Å². The van der Waals surface area contributed by atoms with Crippen molar-refractivity contribution in [1.82, 2.24) is 9.88 Å². The number of amides is 1. The number of carboxylic acids is 1. The predicted molar refractivity (Wildman–Crippen MR) is 129 cm³/mol. The molecule has 1 aliphatic heterocycles. The van der Waals surface area contributed by atoms with Gasteiger partial charge in [-0.15, -0.1) is 0 Å². The van der Waals surface area contributed by atoms with Crippen LogP contribution in [-0.2, 0) is 16.0 Å². The van der Waals surface area contributed by atoms with Crippen molar-refractivity contribution < 1.29 is 19.8 Å². The Balaban J connectivity index is 1.59. The Morgan fingerprint density at radius 2 is 1.94 bits per heavy atom. The van der Waals surface area contributed by atoms with E-state index < -0.39 is 5.97 Å². The van der Waals surface area contributed by atoms with Gasteiger partial charge in [0.1, 0.15) is 0 Å². The first kappa shape index (κ1) is 24.5. The van der Waals surface area contributed by atoms with Crippen LogP contribution in [0.3, 0.4) is 0 Å². The monoisotopic (exact) mass is 486 g/mol. The molecule has 7 nitrogen and oxygen atoms in total. The molecule has 1 amide bonds. The number of aromatic amines is 1. The minimum Gasteiger partial charge on any atom is -0.481 e. The second kappa shape index (κ2) is 10.7. The normalized spacial score (nSPS) is 18.8. The molecular weight excluding hydrogens is 456 g/mol. The van der Waals surface area contributed by atoms with E-state index in [1.54, 1.807) is 4.90 Å². The van der Waals surface area contributed by atoms with Gasteiger partial charge < -0.3 is 20.1 Å². The number of nitrogens with zero attached hydrogens (tertiary/aromatic N) is 1. The third-order valence-electron chi connectivity index (χ3n) is 6.98. The molecule has 4 rings (SSSR count). The van der Waals surface area contributed by atoms with Crippen LogP contribution in [0, 0.1) is 5.92 Å². The third kappa shape index (κ3) is 5.88. The highest BCUT2D eigenvalue weighted by molar-refractivity contribution is 6.31. The van der Waals surface area contributed by atoms with Crippen LogP contribution in [0.15, 0.2) is 35.1 Å². The molecule has 1 saturated heterocycles. The summed E-state index contributed by atoms with van der Waals surface area (Å²) in [7, 11) is 0. The summed E-state index contributed by atoms with van der Waals surface area (Å²) in [5.41, 5.74) is 3.36. The fourth-order valence-electron chi connectivity index (χ4n) is 4.93. The Morgan fingerprint density at radius 3 is 2.59 bits per heavy atom. The highest BCUT2D eigenvalue weighted by atomic mass is 35.5. The molecular formula is C26H31ClN2O5. The third-order valence-corrected chi connectivity index (χ3v) is 7.33. The summed E-state index contributed by atoms with van der Waals surface area (Å²) < 4.78 is 0. The second-order valence-corrected chi connectivity index (χ2v) is 9.88. The van der Waals surface area contributed by atoms with Gasteiger partial charge in [-0.1, -0.05) is 29.8 Å². The van der Waals surface area contributed by atoms with Gasteiger partial charge in [0.05, 0.1) is 6.61 Å². The number of aliphatic hydroxyl groups is 1. The molecule has 8 heteroatoms. The Kier molecular flexibility index (Phi) is 7.73. The van der Waals surface area contributed by atoms with Gasteiger partial charge in [-0.3, -0.25) is 14.4 Å². The number of pyridine rings is 1. The molecule has 2 atom stereocenters. The molecule has 1 aromatic heterocycles. The Hall–Kier alpha value is -2.64. The maximum absolute atomic E-state index is 12.8. The lowest BCUT2D eigenvalue weighted by Gasteiger charge is -2.23. The molecule has 1 aromatic carbocycles. The molecule has 2 aromatic rings. The molecule has 2 fully saturated rings. The summed E-state index contributed by atoms with van der Waals surface area (Å²) in [4.78, 5) is 40.8. The number of aliphatic hydroxyl groups excluding tert-OH is 1. The van der Waals surface area contributed by atoms with E-state index in [0.717, 1.165) is 48.1 Å². The number of rotatable bonds is 10. The number of nitrogens with one attached hydrogen (secondary N) is 1. The zero-order valence-electron chi connectivity index (χ0n) is 19.1. The van der Waals surface area contributed by atoms with Crippen LogP contribution < -0.4 is 5.56 Å². The lowest BCUT2D eigenvalue weighted by Crippen LogP contribution is -2.29. The number of benzene rings is 1. The van der Waals surface area contributed by atoms with Crippen LogP contribution in [0.1, 0.15) is 72.7 Å². The van der Waals surface area contributed by atoms with Crippen molar-refractivity contribution in [2.45, 2.75) is 56.8 Å². The number of aliphatic carboxylic acids is 1. The largest absolute Gasteiger partial charge is 0.481 e. The summed E-state index contributed by atoms with van der Waals surface area (Å²) in [5.74, 6) is -0.392. The van der Waals surface area contributed by atoms with E-state index in [-0.39, 0.29) is 42.8 Å². The smallest absolute Gasteiger partial charge is 0.303 e. The molecule has 0 bridgehead atoms. The van der Waals surface area contributed by atoms with Gasteiger partial charge in [-0.25, -0.2) is 0 Å². The minimum atomic E-state index is -0.868. The van der Waals surface area contributed by atoms with Crippen LogP contribution in [-0.4, -0.2) is 51.7 Å². The molecule has 182 valence electrons. The van der Waals surface area contributed by atoms with Crippen molar-refractivity contribution >= 4 is 23.5 Å². The zero-order chi connectivity index (χ0) is 24.2.